The normalized spacial score (nSPS) is 10.0. The van der Waals surface area contributed by atoms with Crippen molar-refractivity contribution < 1.29 is 19.8 Å². The summed E-state index contributed by atoms with van der Waals surface area (Å²) in [6.07, 6.45) is 2.70. The number of carboxylic acid groups (broad SMARTS) is 1. The second-order valence-electron chi connectivity index (χ2n) is 3.45. The van der Waals surface area contributed by atoms with Gasteiger partial charge in [0.1, 0.15) is 5.56 Å². The molecule has 1 heterocycles. The molecule has 0 fully saturated rings. The van der Waals surface area contributed by atoms with Crippen LogP contribution >= 0.6 is 0 Å². The molecule has 0 saturated carbocycles. The van der Waals surface area contributed by atoms with E-state index in [1.165, 1.54) is 30.6 Å². The van der Waals surface area contributed by atoms with E-state index in [0.29, 0.717) is 0 Å². The van der Waals surface area contributed by atoms with Crippen LogP contribution in [0.15, 0.2) is 30.6 Å². The van der Waals surface area contributed by atoms with Crippen molar-refractivity contribution in [2.45, 2.75) is 0 Å². The Hall–Kier alpha value is -2.83. The van der Waals surface area contributed by atoms with Crippen molar-refractivity contribution in [1.29, 1.82) is 0 Å². The van der Waals surface area contributed by atoms with Crippen molar-refractivity contribution in [2.75, 3.05) is 5.32 Å². The molecule has 0 aliphatic carbocycles. The number of aromatic carboxylic acids is 1. The van der Waals surface area contributed by atoms with Gasteiger partial charge in [-0.15, -0.1) is 0 Å². The zero-order valence-electron chi connectivity index (χ0n) is 9.04. The highest BCUT2D eigenvalue weighted by atomic mass is 16.4. The van der Waals surface area contributed by atoms with E-state index in [9.17, 15) is 14.7 Å². The Balaban J connectivity index is 2.27. The van der Waals surface area contributed by atoms with E-state index >= 15 is 0 Å². The number of hydrogen-bond donors (Lipinski definition) is 4. The third-order valence-corrected chi connectivity index (χ3v) is 2.28. The third-order valence-electron chi connectivity index (χ3n) is 2.28. The van der Waals surface area contributed by atoms with E-state index in [1.54, 1.807) is 0 Å². The van der Waals surface area contributed by atoms with Crippen molar-refractivity contribution in [3.63, 3.8) is 0 Å². The third kappa shape index (κ3) is 2.14. The Morgan fingerprint density at radius 2 is 2.11 bits per heavy atom. The van der Waals surface area contributed by atoms with Crippen LogP contribution in [0, 0.1) is 0 Å². The van der Waals surface area contributed by atoms with Crippen LogP contribution in [0.3, 0.4) is 0 Å². The van der Waals surface area contributed by atoms with Crippen LogP contribution in [-0.4, -0.2) is 32.3 Å². The van der Waals surface area contributed by atoms with Crippen molar-refractivity contribution in [2.24, 2.45) is 0 Å². The second kappa shape index (κ2) is 4.58. The summed E-state index contributed by atoms with van der Waals surface area (Å²) in [7, 11) is 0. The Morgan fingerprint density at radius 1 is 1.33 bits per heavy atom. The number of carbonyl (C=O) groups excluding carboxylic acids is 1. The number of hydrogen-bond acceptors (Lipinski definition) is 4. The largest absolute Gasteiger partial charge is 0.505 e. The summed E-state index contributed by atoms with van der Waals surface area (Å²) in [5.74, 6) is -2.25. The Bertz CT molecular complexity index is 592. The molecule has 2 rings (SSSR count). The summed E-state index contributed by atoms with van der Waals surface area (Å²) < 4.78 is 0. The fourth-order valence-electron chi connectivity index (χ4n) is 1.39. The summed E-state index contributed by atoms with van der Waals surface area (Å²) in [4.78, 5) is 22.5. The van der Waals surface area contributed by atoms with Crippen LogP contribution in [0.2, 0.25) is 0 Å². The number of rotatable bonds is 3. The molecule has 7 nitrogen and oxygen atoms in total. The molecule has 92 valence electrons. The van der Waals surface area contributed by atoms with Crippen LogP contribution in [-0.2, 0) is 0 Å². The average molecular weight is 247 g/mol. The van der Waals surface area contributed by atoms with Gasteiger partial charge in [-0.1, -0.05) is 6.07 Å². The lowest BCUT2D eigenvalue weighted by Crippen LogP contribution is -2.12. The number of para-hydroxylation sites is 1. The van der Waals surface area contributed by atoms with E-state index in [4.69, 9.17) is 5.11 Å². The molecule has 0 atom stereocenters. The molecule has 2 aromatic rings. The summed E-state index contributed by atoms with van der Waals surface area (Å²) in [5.41, 5.74) is 0.0243. The zero-order chi connectivity index (χ0) is 13.1. The molecule has 4 N–H and O–H groups in total. The molecular formula is C11H9N3O4. The number of nitrogens with one attached hydrogen (secondary N) is 2. The van der Waals surface area contributed by atoms with Gasteiger partial charge >= 0.3 is 5.97 Å². The summed E-state index contributed by atoms with van der Waals surface area (Å²) in [6.45, 7) is 0. The molecule has 0 saturated heterocycles. The molecule has 1 amide bonds. The predicted molar refractivity (Wildman–Crippen MR) is 61.6 cm³/mol. The first-order chi connectivity index (χ1) is 8.59. The Labute approximate surface area is 101 Å². The van der Waals surface area contributed by atoms with Gasteiger partial charge in [-0.25, -0.2) is 4.79 Å². The van der Waals surface area contributed by atoms with Gasteiger partial charge in [0.25, 0.3) is 5.91 Å². The van der Waals surface area contributed by atoms with Crippen molar-refractivity contribution in [3.05, 3.63) is 41.7 Å². The lowest BCUT2D eigenvalue weighted by molar-refractivity contribution is 0.0693. The van der Waals surface area contributed by atoms with Crippen LogP contribution in [0.5, 0.6) is 5.75 Å². The summed E-state index contributed by atoms with van der Waals surface area (Å²) in [6, 6.07) is 4.07. The number of aromatic hydroxyl groups is 1. The second-order valence-corrected chi connectivity index (χ2v) is 3.45. The lowest BCUT2D eigenvalue weighted by Gasteiger charge is -2.07. The highest BCUT2D eigenvalue weighted by Crippen LogP contribution is 2.27. The molecule has 1 aromatic carbocycles. The maximum atomic E-state index is 11.7. The fourth-order valence-corrected chi connectivity index (χ4v) is 1.39. The van der Waals surface area contributed by atoms with Crippen LogP contribution in [0.4, 0.5) is 5.69 Å². The number of carboxylic acids is 1. The molecule has 7 heteroatoms. The topological polar surface area (TPSA) is 115 Å². The molecule has 0 unspecified atom stereocenters. The highest BCUT2D eigenvalue weighted by molar-refractivity contribution is 6.05. The number of benzene rings is 1. The molecule has 1 aromatic heterocycles. The van der Waals surface area contributed by atoms with Gasteiger partial charge in [-0.3, -0.25) is 9.89 Å². The molecule has 0 spiro atoms. The summed E-state index contributed by atoms with van der Waals surface area (Å²) in [5, 5.41) is 27.0. The van der Waals surface area contributed by atoms with Gasteiger partial charge in [0.15, 0.2) is 5.75 Å². The molecule has 0 aliphatic rings. The van der Waals surface area contributed by atoms with E-state index in [1.807, 2.05) is 0 Å². The van der Waals surface area contributed by atoms with Crippen LogP contribution in [0.1, 0.15) is 20.7 Å². The van der Waals surface area contributed by atoms with Crippen molar-refractivity contribution in [1.82, 2.24) is 10.2 Å². The zero-order valence-corrected chi connectivity index (χ0v) is 9.04. The van der Waals surface area contributed by atoms with Gasteiger partial charge < -0.3 is 15.5 Å². The maximum absolute atomic E-state index is 11.7. The molecule has 0 radical (unpaired) electrons. The lowest BCUT2D eigenvalue weighted by atomic mass is 10.1. The SMILES string of the molecule is O=C(Nc1cccc(C(=O)O)c1O)c1cn[nH]c1. The number of phenols is 1. The van der Waals surface area contributed by atoms with Crippen LogP contribution < -0.4 is 5.32 Å². The Kier molecular flexibility index (Phi) is 2.96. The maximum Gasteiger partial charge on any atom is 0.339 e. The number of amides is 1. The number of aromatic nitrogens is 2. The quantitative estimate of drug-likeness (QED) is 0.605. The number of nitrogens with zero attached hydrogens (tertiary/aromatic N) is 1. The highest BCUT2D eigenvalue weighted by Gasteiger charge is 2.15. The minimum Gasteiger partial charge on any atom is -0.505 e. The standard InChI is InChI=1S/C11H9N3O4/c15-9-7(11(17)18)2-1-3-8(9)14-10(16)6-4-12-13-5-6/h1-5,15H,(H,12,13)(H,14,16)(H,17,18). The first-order valence-corrected chi connectivity index (χ1v) is 4.95. The fraction of sp³-hybridized carbons (Fsp3) is 0. The number of aromatic amines is 1. The molecular weight excluding hydrogens is 238 g/mol. The minimum atomic E-state index is -1.27. The van der Waals surface area contributed by atoms with Gasteiger partial charge in [0.2, 0.25) is 0 Å². The first-order valence-electron chi connectivity index (χ1n) is 4.95. The average Bonchev–Trinajstić information content (AvgIpc) is 2.85. The van der Waals surface area contributed by atoms with E-state index in [-0.39, 0.29) is 16.8 Å². The van der Waals surface area contributed by atoms with E-state index in [0.717, 1.165) is 0 Å². The summed E-state index contributed by atoms with van der Waals surface area (Å²) >= 11 is 0. The Morgan fingerprint density at radius 3 is 2.72 bits per heavy atom. The van der Waals surface area contributed by atoms with Crippen molar-refractivity contribution >= 4 is 17.6 Å². The monoisotopic (exact) mass is 247 g/mol. The molecule has 0 bridgehead atoms. The number of anilines is 1. The first kappa shape index (κ1) is 11.6. The minimum absolute atomic E-state index is 0.0288. The van der Waals surface area contributed by atoms with Gasteiger partial charge in [0.05, 0.1) is 17.4 Å². The van der Waals surface area contributed by atoms with Gasteiger partial charge in [0, 0.05) is 6.20 Å². The van der Waals surface area contributed by atoms with Crippen LogP contribution in [0.25, 0.3) is 0 Å². The number of H-pyrrole nitrogens is 1. The van der Waals surface area contributed by atoms with Crippen molar-refractivity contribution in [3.8, 4) is 5.75 Å². The number of carbonyl (C=O) groups is 2. The van der Waals surface area contributed by atoms with E-state index < -0.39 is 17.6 Å². The molecule has 0 aliphatic heterocycles. The molecule has 18 heavy (non-hydrogen) atoms. The smallest absolute Gasteiger partial charge is 0.339 e. The van der Waals surface area contributed by atoms with Gasteiger partial charge in [-0.05, 0) is 12.1 Å². The predicted octanol–water partition coefficient (Wildman–Crippen LogP) is 1.07. The van der Waals surface area contributed by atoms with Gasteiger partial charge in [-0.2, -0.15) is 5.10 Å². The van der Waals surface area contributed by atoms with E-state index in [2.05, 4.69) is 15.5 Å².